The molecule has 0 aromatic heterocycles. The van der Waals surface area contributed by atoms with Crippen LogP contribution in [0.1, 0.15) is 17.5 Å². The predicted octanol–water partition coefficient (Wildman–Crippen LogP) is 1.83. The molecule has 14 heavy (non-hydrogen) atoms. The third-order valence-corrected chi connectivity index (χ3v) is 2.08. The minimum absolute atomic E-state index is 0.149. The molecule has 4 heteroatoms. The number of aryl methyl sites for hydroxylation is 2. The summed E-state index contributed by atoms with van der Waals surface area (Å²) >= 11 is 0. The zero-order valence-electron chi connectivity index (χ0n) is 8.06. The highest BCUT2D eigenvalue weighted by Crippen LogP contribution is 2.19. The molecule has 0 saturated carbocycles. The van der Waals surface area contributed by atoms with Crippen LogP contribution in [0, 0.1) is 17.0 Å². The van der Waals surface area contributed by atoms with Gasteiger partial charge >= 0.3 is 0 Å². The highest BCUT2D eigenvalue weighted by molar-refractivity contribution is 5.41. The smallest absolute Gasteiger partial charge is 0.272 e. The summed E-state index contributed by atoms with van der Waals surface area (Å²) in [6, 6.07) is 5.05. The van der Waals surface area contributed by atoms with Gasteiger partial charge in [0, 0.05) is 18.2 Å². The summed E-state index contributed by atoms with van der Waals surface area (Å²) in [7, 11) is 0. The molecule has 0 spiro atoms. The van der Waals surface area contributed by atoms with Gasteiger partial charge in [-0.25, -0.2) is 0 Å². The van der Waals surface area contributed by atoms with Crippen LogP contribution in [0.5, 0.6) is 0 Å². The van der Waals surface area contributed by atoms with Crippen LogP contribution in [0.3, 0.4) is 0 Å². The van der Waals surface area contributed by atoms with E-state index in [0.717, 1.165) is 12.0 Å². The Balaban J connectivity index is 2.83. The summed E-state index contributed by atoms with van der Waals surface area (Å²) in [6.45, 7) is 1.87. The van der Waals surface area contributed by atoms with Crippen molar-refractivity contribution in [1.29, 1.82) is 0 Å². The van der Waals surface area contributed by atoms with Crippen molar-refractivity contribution in [1.82, 2.24) is 0 Å². The predicted molar refractivity (Wildman–Crippen MR) is 53.2 cm³/mol. The van der Waals surface area contributed by atoms with E-state index >= 15 is 0 Å². The minimum atomic E-state index is -0.384. The highest BCUT2D eigenvalue weighted by Gasteiger charge is 2.09. The fraction of sp³-hybridized carbons (Fsp3) is 0.400. The van der Waals surface area contributed by atoms with Gasteiger partial charge in [-0.1, -0.05) is 6.07 Å². The maximum absolute atomic E-state index is 10.5. The van der Waals surface area contributed by atoms with Gasteiger partial charge in [0.05, 0.1) is 4.92 Å². The largest absolute Gasteiger partial charge is 0.396 e. The molecule has 76 valence electrons. The quantitative estimate of drug-likeness (QED) is 0.588. The van der Waals surface area contributed by atoms with Gasteiger partial charge in [-0.15, -0.1) is 0 Å². The number of hydrogen-bond donors (Lipinski definition) is 1. The Morgan fingerprint density at radius 2 is 2.21 bits per heavy atom. The summed E-state index contributed by atoms with van der Waals surface area (Å²) in [5, 5.41) is 19.1. The van der Waals surface area contributed by atoms with Crippen molar-refractivity contribution >= 4 is 5.69 Å². The van der Waals surface area contributed by atoms with E-state index in [1.54, 1.807) is 19.1 Å². The number of hydrogen-bond acceptors (Lipinski definition) is 3. The van der Waals surface area contributed by atoms with Gasteiger partial charge in [0.25, 0.3) is 5.69 Å². The van der Waals surface area contributed by atoms with Crippen molar-refractivity contribution in [3.63, 3.8) is 0 Å². The second kappa shape index (κ2) is 4.72. The summed E-state index contributed by atoms with van der Waals surface area (Å²) in [4.78, 5) is 10.1. The highest BCUT2D eigenvalue weighted by atomic mass is 16.6. The Hall–Kier alpha value is -1.42. The summed E-state index contributed by atoms with van der Waals surface area (Å²) in [5.41, 5.74) is 1.85. The molecule has 1 rings (SSSR count). The molecule has 4 nitrogen and oxygen atoms in total. The molecule has 0 unspecified atom stereocenters. The molecule has 0 aliphatic carbocycles. The van der Waals surface area contributed by atoms with Gasteiger partial charge in [0.1, 0.15) is 0 Å². The first-order chi connectivity index (χ1) is 6.65. The fourth-order valence-electron chi connectivity index (χ4n) is 1.36. The van der Waals surface area contributed by atoms with E-state index in [4.69, 9.17) is 5.11 Å². The van der Waals surface area contributed by atoms with E-state index in [1.807, 2.05) is 0 Å². The Bertz CT molecular complexity index is 336. The van der Waals surface area contributed by atoms with Gasteiger partial charge in [-0.2, -0.15) is 0 Å². The number of aliphatic hydroxyl groups excluding tert-OH is 1. The van der Waals surface area contributed by atoms with Crippen LogP contribution in [0.15, 0.2) is 18.2 Å². The lowest BCUT2D eigenvalue weighted by atomic mass is 10.1. The maximum atomic E-state index is 10.5. The van der Waals surface area contributed by atoms with Crippen LogP contribution in [0.4, 0.5) is 5.69 Å². The van der Waals surface area contributed by atoms with Gasteiger partial charge in [0.15, 0.2) is 0 Å². The number of nitro benzene ring substituents is 1. The molecule has 0 radical (unpaired) electrons. The molecule has 0 fully saturated rings. The van der Waals surface area contributed by atoms with E-state index in [2.05, 4.69) is 0 Å². The first-order valence-electron chi connectivity index (χ1n) is 4.50. The van der Waals surface area contributed by atoms with Gasteiger partial charge in [0.2, 0.25) is 0 Å². The molecular formula is C10H13NO3. The molecule has 1 aromatic carbocycles. The van der Waals surface area contributed by atoms with Gasteiger partial charge < -0.3 is 5.11 Å². The lowest BCUT2D eigenvalue weighted by Crippen LogP contribution is -1.94. The first-order valence-corrected chi connectivity index (χ1v) is 4.50. The standard InChI is InChI=1S/C10H13NO3/c1-8-7-9(3-2-6-12)4-5-10(8)11(13)14/h4-5,7,12H,2-3,6H2,1H3. The van der Waals surface area contributed by atoms with Crippen LogP contribution in [-0.4, -0.2) is 16.6 Å². The van der Waals surface area contributed by atoms with Crippen molar-refractivity contribution in [3.8, 4) is 0 Å². The van der Waals surface area contributed by atoms with E-state index in [0.29, 0.717) is 12.0 Å². The number of rotatable bonds is 4. The molecule has 0 bridgehead atoms. The second-order valence-corrected chi connectivity index (χ2v) is 3.21. The number of nitrogens with zero attached hydrogens (tertiary/aromatic N) is 1. The van der Waals surface area contributed by atoms with Crippen molar-refractivity contribution in [2.45, 2.75) is 19.8 Å². The van der Waals surface area contributed by atoms with Crippen LogP contribution in [0.25, 0.3) is 0 Å². The van der Waals surface area contributed by atoms with E-state index in [1.165, 1.54) is 6.07 Å². The topological polar surface area (TPSA) is 63.4 Å². The zero-order chi connectivity index (χ0) is 10.6. The lowest BCUT2D eigenvalue weighted by Gasteiger charge is -2.01. The second-order valence-electron chi connectivity index (χ2n) is 3.21. The first kappa shape index (κ1) is 10.7. The molecule has 1 N–H and O–H groups in total. The fourth-order valence-corrected chi connectivity index (χ4v) is 1.36. The maximum Gasteiger partial charge on any atom is 0.272 e. The lowest BCUT2D eigenvalue weighted by molar-refractivity contribution is -0.385. The molecule has 0 saturated heterocycles. The Morgan fingerprint density at radius 1 is 1.50 bits per heavy atom. The molecular weight excluding hydrogens is 182 g/mol. The van der Waals surface area contributed by atoms with Crippen molar-refractivity contribution < 1.29 is 10.0 Å². The van der Waals surface area contributed by atoms with Crippen molar-refractivity contribution in [3.05, 3.63) is 39.4 Å². The summed E-state index contributed by atoms with van der Waals surface area (Å²) in [6.07, 6.45) is 1.45. The van der Waals surface area contributed by atoms with Gasteiger partial charge in [-0.05, 0) is 31.4 Å². The summed E-state index contributed by atoms with van der Waals surface area (Å²) in [5.74, 6) is 0. The monoisotopic (exact) mass is 195 g/mol. The molecule has 0 atom stereocenters. The summed E-state index contributed by atoms with van der Waals surface area (Å²) < 4.78 is 0. The Morgan fingerprint density at radius 3 is 2.71 bits per heavy atom. The average molecular weight is 195 g/mol. The van der Waals surface area contributed by atoms with Crippen LogP contribution in [0.2, 0.25) is 0 Å². The number of nitro groups is 1. The molecule has 0 heterocycles. The molecule has 0 aliphatic rings. The normalized spacial score (nSPS) is 10.1. The third-order valence-electron chi connectivity index (χ3n) is 2.08. The number of aliphatic hydroxyl groups is 1. The van der Waals surface area contributed by atoms with E-state index < -0.39 is 0 Å². The third kappa shape index (κ3) is 2.53. The van der Waals surface area contributed by atoms with Crippen LogP contribution in [-0.2, 0) is 6.42 Å². The average Bonchev–Trinajstić information content (AvgIpc) is 2.14. The molecule has 1 aromatic rings. The molecule has 0 amide bonds. The number of benzene rings is 1. The van der Waals surface area contributed by atoms with Gasteiger partial charge in [-0.3, -0.25) is 10.1 Å². The van der Waals surface area contributed by atoms with Crippen molar-refractivity contribution in [2.75, 3.05) is 6.61 Å². The Kier molecular flexibility index (Phi) is 3.59. The SMILES string of the molecule is Cc1cc(CCCO)ccc1[N+](=O)[O-]. The zero-order valence-corrected chi connectivity index (χ0v) is 8.06. The molecule has 0 aliphatic heterocycles. The van der Waals surface area contributed by atoms with Crippen LogP contribution < -0.4 is 0 Å². The van der Waals surface area contributed by atoms with E-state index in [-0.39, 0.29) is 17.2 Å². The minimum Gasteiger partial charge on any atom is -0.396 e. The van der Waals surface area contributed by atoms with Crippen molar-refractivity contribution in [2.24, 2.45) is 0 Å². The van der Waals surface area contributed by atoms with E-state index in [9.17, 15) is 10.1 Å². The Labute approximate surface area is 82.3 Å². The van der Waals surface area contributed by atoms with Crippen LogP contribution >= 0.6 is 0 Å².